The van der Waals surface area contributed by atoms with Crippen LogP contribution >= 0.6 is 0 Å². The SMILES string of the molecule is O=[N+]([O-])c1ccccc1-c1cccc(CN(Cc2cccc(-c3ccccc3)n2)Cc2cccc(-c3ccccc3)n2)n1. The molecular weight excluding hydrogens is 534 g/mol. The molecule has 0 atom stereocenters. The molecule has 0 amide bonds. The standard InChI is InChI=1S/C36H29N5O2/c42-41(43)36-23-8-7-19-32(36)35-22-11-18-31(39-35)26-40(24-29-16-9-20-33(37-29)27-12-3-1-4-13-27)25-30-17-10-21-34(38-30)28-14-5-2-6-15-28/h1-23H,24-26H2. The fraction of sp³-hybridized carbons (Fsp3) is 0.0833. The van der Waals surface area contributed by atoms with Crippen LogP contribution in [0.25, 0.3) is 33.8 Å². The fourth-order valence-corrected chi connectivity index (χ4v) is 5.10. The van der Waals surface area contributed by atoms with Crippen molar-refractivity contribution in [2.45, 2.75) is 19.6 Å². The van der Waals surface area contributed by atoms with Crippen molar-refractivity contribution in [3.05, 3.63) is 167 Å². The fourth-order valence-electron chi connectivity index (χ4n) is 5.10. The summed E-state index contributed by atoms with van der Waals surface area (Å²) in [5.41, 5.74) is 7.71. The van der Waals surface area contributed by atoms with Crippen LogP contribution in [0.4, 0.5) is 5.69 Å². The molecular formula is C36H29N5O2. The minimum absolute atomic E-state index is 0.0351. The van der Waals surface area contributed by atoms with Crippen molar-refractivity contribution in [3.63, 3.8) is 0 Å². The number of nitrogens with zero attached hydrogens (tertiary/aromatic N) is 5. The summed E-state index contributed by atoms with van der Waals surface area (Å²) >= 11 is 0. The summed E-state index contributed by atoms with van der Waals surface area (Å²) in [5, 5.41) is 11.7. The molecule has 43 heavy (non-hydrogen) atoms. The third-order valence-corrected chi connectivity index (χ3v) is 7.09. The Kier molecular flexibility index (Phi) is 8.34. The molecule has 0 radical (unpaired) electrons. The Labute approximate surface area is 250 Å². The van der Waals surface area contributed by atoms with Crippen molar-refractivity contribution < 1.29 is 4.92 Å². The molecule has 210 valence electrons. The predicted octanol–water partition coefficient (Wildman–Crippen LogP) is 7.98. The van der Waals surface area contributed by atoms with Crippen LogP contribution in [-0.4, -0.2) is 24.8 Å². The van der Waals surface area contributed by atoms with Crippen LogP contribution in [0.15, 0.2) is 140 Å². The highest BCUT2D eigenvalue weighted by Gasteiger charge is 2.17. The van der Waals surface area contributed by atoms with E-state index in [1.165, 1.54) is 6.07 Å². The quantitative estimate of drug-likeness (QED) is 0.124. The first-order valence-electron chi connectivity index (χ1n) is 14.1. The van der Waals surface area contributed by atoms with Gasteiger partial charge in [0, 0.05) is 36.8 Å². The van der Waals surface area contributed by atoms with Crippen molar-refractivity contribution in [1.29, 1.82) is 0 Å². The van der Waals surface area contributed by atoms with Crippen molar-refractivity contribution in [2.24, 2.45) is 0 Å². The maximum absolute atomic E-state index is 11.7. The molecule has 0 bridgehead atoms. The molecule has 0 aliphatic heterocycles. The van der Waals surface area contributed by atoms with Crippen LogP contribution in [0.2, 0.25) is 0 Å². The summed E-state index contributed by atoms with van der Waals surface area (Å²) in [5.74, 6) is 0. The molecule has 0 saturated carbocycles. The molecule has 0 fully saturated rings. The topological polar surface area (TPSA) is 85.0 Å². The summed E-state index contributed by atoms with van der Waals surface area (Å²) < 4.78 is 0. The molecule has 0 spiro atoms. The van der Waals surface area contributed by atoms with Crippen molar-refractivity contribution in [2.75, 3.05) is 0 Å². The minimum Gasteiger partial charge on any atom is -0.286 e. The number of aromatic nitrogens is 3. The van der Waals surface area contributed by atoms with Gasteiger partial charge in [-0.1, -0.05) is 91.0 Å². The van der Waals surface area contributed by atoms with E-state index in [1.54, 1.807) is 18.2 Å². The van der Waals surface area contributed by atoms with E-state index in [-0.39, 0.29) is 10.6 Å². The van der Waals surface area contributed by atoms with Crippen LogP contribution in [-0.2, 0) is 19.6 Å². The molecule has 6 rings (SSSR count). The molecule has 0 aliphatic carbocycles. The number of nitro benzene ring substituents is 1. The summed E-state index contributed by atoms with van der Waals surface area (Å²) in [6, 6.07) is 44.8. The summed E-state index contributed by atoms with van der Waals surface area (Å²) in [6.07, 6.45) is 0. The highest BCUT2D eigenvalue weighted by atomic mass is 16.6. The molecule has 0 N–H and O–H groups in total. The van der Waals surface area contributed by atoms with Crippen LogP contribution in [0.5, 0.6) is 0 Å². The zero-order chi connectivity index (χ0) is 29.4. The number of rotatable bonds is 10. The van der Waals surface area contributed by atoms with Gasteiger partial charge in [-0.3, -0.25) is 30.0 Å². The second-order valence-electron chi connectivity index (χ2n) is 10.2. The van der Waals surface area contributed by atoms with E-state index in [2.05, 4.69) is 29.2 Å². The first-order chi connectivity index (χ1) is 21.1. The second kappa shape index (κ2) is 13.0. The first kappa shape index (κ1) is 27.6. The molecule has 3 aromatic heterocycles. The van der Waals surface area contributed by atoms with Crippen molar-refractivity contribution in [1.82, 2.24) is 19.9 Å². The van der Waals surface area contributed by atoms with Gasteiger partial charge in [-0.2, -0.15) is 0 Å². The zero-order valence-electron chi connectivity index (χ0n) is 23.5. The summed E-state index contributed by atoms with van der Waals surface area (Å²) in [6.45, 7) is 1.63. The van der Waals surface area contributed by atoms with Gasteiger partial charge in [0.1, 0.15) is 0 Å². The Bertz CT molecular complexity index is 1760. The number of pyridine rings is 3. The number of hydrogen-bond acceptors (Lipinski definition) is 6. The van der Waals surface area contributed by atoms with Crippen LogP contribution in [0.1, 0.15) is 17.1 Å². The maximum atomic E-state index is 11.7. The molecule has 7 nitrogen and oxygen atoms in total. The molecule has 0 aliphatic rings. The van der Waals surface area contributed by atoms with Crippen molar-refractivity contribution >= 4 is 5.69 Å². The average molecular weight is 564 g/mol. The molecule has 7 heteroatoms. The highest BCUT2D eigenvalue weighted by molar-refractivity contribution is 5.70. The normalized spacial score (nSPS) is 11.0. The van der Waals surface area contributed by atoms with E-state index in [9.17, 15) is 10.1 Å². The smallest absolute Gasteiger partial charge is 0.278 e. The largest absolute Gasteiger partial charge is 0.286 e. The Hall–Kier alpha value is -5.53. The van der Waals surface area contributed by atoms with E-state index in [4.69, 9.17) is 15.0 Å². The van der Waals surface area contributed by atoms with Crippen LogP contribution in [0, 0.1) is 10.1 Å². The highest BCUT2D eigenvalue weighted by Crippen LogP contribution is 2.28. The third-order valence-electron chi connectivity index (χ3n) is 7.09. The Balaban J connectivity index is 1.32. The summed E-state index contributed by atoms with van der Waals surface area (Å²) in [7, 11) is 0. The van der Waals surface area contributed by atoms with Gasteiger partial charge >= 0.3 is 0 Å². The Morgan fingerprint density at radius 1 is 0.488 bits per heavy atom. The molecule has 3 aromatic carbocycles. The Morgan fingerprint density at radius 3 is 1.40 bits per heavy atom. The van der Waals surface area contributed by atoms with Crippen LogP contribution < -0.4 is 0 Å². The average Bonchev–Trinajstić information content (AvgIpc) is 3.06. The van der Waals surface area contributed by atoms with Gasteiger partial charge in [-0.15, -0.1) is 0 Å². The van der Waals surface area contributed by atoms with Gasteiger partial charge in [0.2, 0.25) is 0 Å². The van der Waals surface area contributed by atoms with Crippen molar-refractivity contribution in [3.8, 4) is 33.8 Å². The van der Waals surface area contributed by atoms with Gasteiger partial charge in [0.15, 0.2) is 0 Å². The van der Waals surface area contributed by atoms with E-state index >= 15 is 0 Å². The zero-order valence-corrected chi connectivity index (χ0v) is 23.5. The maximum Gasteiger partial charge on any atom is 0.278 e. The van der Waals surface area contributed by atoms with Gasteiger partial charge in [0.05, 0.1) is 44.7 Å². The lowest BCUT2D eigenvalue weighted by Gasteiger charge is -2.22. The first-order valence-corrected chi connectivity index (χ1v) is 14.1. The lowest BCUT2D eigenvalue weighted by molar-refractivity contribution is -0.384. The minimum atomic E-state index is -0.368. The van der Waals surface area contributed by atoms with E-state index in [0.29, 0.717) is 30.9 Å². The molecule has 6 aromatic rings. The monoisotopic (exact) mass is 563 g/mol. The molecule has 0 unspecified atom stereocenters. The van der Waals surface area contributed by atoms with Gasteiger partial charge < -0.3 is 0 Å². The van der Waals surface area contributed by atoms with E-state index in [0.717, 1.165) is 39.6 Å². The summed E-state index contributed by atoms with van der Waals surface area (Å²) in [4.78, 5) is 28.4. The van der Waals surface area contributed by atoms with E-state index < -0.39 is 0 Å². The lowest BCUT2D eigenvalue weighted by atomic mass is 10.1. The van der Waals surface area contributed by atoms with Gasteiger partial charge in [-0.25, -0.2) is 0 Å². The number of benzene rings is 3. The second-order valence-corrected chi connectivity index (χ2v) is 10.2. The predicted molar refractivity (Wildman–Crippen MR) is 169 cm³/mol. The third kappa shape index (κ3) is 6.86. The number of hydrogen-bond donors (Lipinski definition) is 0. The lowest BCUT2D eigenvalue weighted by Crippen LogP contribution is -2.24. The molecule has 3 heterocycles. The van der Waals surface area contributed by atoms with Crippen LogP contribution in [0.3, 0.4) is 0 Å². The van der Waals surface area contributed by atoms with E-state index in [1.807, 2.05) is 91.0 Å². The van der Waals surface area contributed by atoms with Gasteiger partial charge in [0.25, 0.3) is 5.69 Å². The number of para-hydroxylation sites is 1. The number of nitro groups is 1. The Morgan fingerprint density at radius 2 is 0.907 bits per heavy atom. The molecule has 0 saturated heterocycles. The van der Waals surface area contributed by atoms with Gasteiger partial charge in [-0.05, 0) is 42.5 Å².